The third-order valence-electron chi connectivity index (χ3n) is 6.44. The van der Waals surface area contributed by atoms with Gasteiger partial charge < -0.3 is 14.7 Å². The van der Waals surface area contributed by atoms with Gasteiger partial charge in [0.1, 0.15) is 12.6 Å². The summed E-state index contributed by atoms with van der Waals surface area (Å²) in [6.07, 6.45) is -0.620. The van der Waals surface area contributed by atoms with Crippen molar-refractivity contribution in [1.29, 1.82) is 0 Å². The Morgan fingerprint density at radius 3 is 2.31 bits per heavy atom. The Kier molecular flexibility index (Phi) is 6.21. The number of carboxylic acid groups (broad SMARTS) is 1. The van der Waals surface area contributed by atoms with Crippen LogP contribution in [0.1, 0.15) is 34.3 Å². The summed E-state index contributed by atoms with van der Waals surface area (Å²) in [7, 11) is 0. The van der Waals surface area contributed by atoms with Gasteiger partial charge in [-0.15, -0.1) is 11.8 Å². The fraction of sp³-hybridized carbons (Fsp3) is 0.222. The van der Waals surface area contributed by atoms with Gasteiger partial charge in [0.2, 0.25) is 0 Å². The first-order valence-corrected chi connectivity index (χ1v) is 12.4. The van der Waals surface area contributed by atoms with Gasteiger partial charge in [0, 0.05) is 22.9 Å². The molecule has 1 heterocycles. The van der Waals surface area contributed by atoms with Gasteiger partial charge in [0.05, 0.1) is 5.37 Å². The lowest BCUT2D eigenvalue weighted by atomic mass is 9.98. The Morgan fingerprint density at radius 1 is 1.00 bits per heavy atom. The number of nitrogens with one attached hydrogen (secondary N) is 1. The Bertz CT molecular complexity index is 1260. The van der Waals surface area contributed by atoms with Crippen molar-refractivity contribution in [3.05, 3.63) is 89.5 Å². The van der Waals surface area contributed by atoms with Crippen LogP contribution >= 0.6 is 11.8 Å². The van der Waals surface area contributed by atoms with Crippen LogP contribution in [-0.4, -0.2) is 51.8 Å². The zero-order valence-corrected chi connectivity index (χ0v) is 19.8. The molecule has 1 aliphatic heterocycles. The Morgan fingerprint density at radius 2 is 1.66 bits per heavy atom. The summed E-state index contributed by atoms with van der Waals surface area (Å²) < 4.78 is 5.58. The molecule has 0 aromatic heterocycles. The van der Waals surface area contributed by atoms with Crippen molar-refractivity contribution in [3.63, 3.8) is 0 Å². The van der Waals surface area contributed by atoms with Crippen LogP contribution in [0.25, 0.3) is 11.1 Å². The predicted octanol–water partition coefficient (Wildman–Crippen LogP) is 5.04. The number of hydrogen-bond acceptors (Lipinski definition) is 5. The van der Waals surface area contributed by atoms with Gasteiger partial charge in [0.15, 0.2) is 0 Å². The number of anilines is 1. The first-order valence-electron chi connectivity index (χ1n) is 11.3. The molecular formula is C27H24N2O5S. The molecule has 1 saturated heterocycles. The highest BCUT2D eigenvalue weighted by atomic mass is 32.2. The van der Waals surface area contributed by atoms with Crippen molar-refractivity contribution in [2.24, 2.45) is 0 Å². The third-order valence-corrected chi connectivity index (χ3v) is 7.66. The number of nitrogens with zero attached hydrogens (tertiary/aromatic N) is 1. The minimum Gasteiger partial charge on any atom is -0.480 e. The lowest BCUT2D eigenvalue weighted by molar-refractivity contribution is -0.141. The van der Waals surface area contributed by atoms with Crippen LogP contribution in [0.4, 0.5) is 10.5 Å². The van der Waals surface area contributed by atoms with Crippen molar-refractivity contribution in [2.75, 3.05) is 17.7 Å². The summed E-state index contributed by atoms with van der Waals surface area (Å²) >= 11 is 1.42. The Hall–Kier alpha value is -3.78. The number of ether oxygens (including phenoxy) is 1. The van der Waals surface area contributed by atoms with E-state index in [1.165, 1.54) is 16.7 Å². The number of carboxylic acids is 1. The minimum atomic E-state index is -1.02. The number of aliphatic carboxylic acids is 1. The fourth-order valence-corrected chi connectivity index (χ4v) is 5.94. The minimum absolute atomic E-state index is 0.0526. The summed E-state index contributed by atoms with van der Waals surface area (Å²) in [4.78, 5) is 38.6. The van der Waals surface area contributed by atoms with E-state index in [9.17, 15) is 19.5 Å². The number of fused-ring (bicyclic) bond motifs is 3. The maximum Gasteiger partial charge on any atom is 0.411 e. The van der Waals surface area contributed by atoms with Crippen LogP contribution in [-0.2, 0) is 9.53 Å². The van der Waals surface area contributed by atoms with Crippen molar-refractivity contribution >= 4 is 35.4 Å². The summed E-state index contributed by atoms with van der Waals surface area (Å²) in [6, 6.07) is 21.8. The van der Waals surface area contributed by atoms with Gasteiger partial charge in [0.25, 0.3) is 5.91 Å². The van der Waals surface area contributed by atoms with E-state index >= 15 is 0 Å². The van der Waals surface area contributed by atoms with Gasteiger partial charge >= 0.3 is 12.1 Å². The highest BCUT2D eigenvalue weighted by Crippen LogP contribution is 2.44. The summed E-state index contributed by atoms with van der Waals surface area (Å²) in [5, 5.41) is 11.9. The van der Waals surface area contributed by atoms with E-state index < -0.39 is 18.1 Å². The zero-order valence-electron chi connectivity index (χ0n) is 19.0. The lowest BCUT2D eigenvalue weighted by Gasteiger charge is -2.25. The SMILES string of the molecule is CC1SCC(C(=O)O)N1C(=O)c1cccc(NC(=O)OCC2c3ccccc3-c3ccccc32)c1. The van der Waals surface area contributed by atoms with Gasteiger partial charge in [-0.05, 0) is 47.4 Å². The topological polar surface area (TPSA) is 95.9 Å². The lowest BCUT2D eigenvalue weighted by Crippen LogP contribution is -2.44. The smallest absolute Gasteiger partial charge is 0.411 e. The number of carbonyl (C=O) groups is 3. The van der Waals surface area contributed by atoms with Crippen LogP contribution in [0.5, 0.6) is 0 Å². The van der Waals surface area contributed by atoms with Crippen molar-refractivity contribution in [2.45, 2.75) is 24.3 Å². The van der Waals surface area contributed by atoms with E-state index in [0.717, 1.165) is 22.3 Å². The van der Waals surface area contributed by atoms with E-state index in [1.807, 2.05) is 31.2 Å². The average molecular weight is 489 g/mol. The van der Waals surface area contributed by atoms with Crippen molar-refractivity contribution < 1.29 is 24.2 Å². The third kappa shape index (κ3) is 4.37. The molecule has 2 aliphatic rings. The molecule has 0 spiro atoms. The normalized spacial score (nSPS) is 18.6. The molecule has 2 amide bonds. The molecule has 0 saturated carbocycles. The van der Waals surface area contributed by atoms with E-state index in [2.05, 4.69) is 29.6 Å². The fourth-order valence-electron chi connectivity index (χ4n) is 4.77. The molecule has 5 rings (SSSR count). The number of benzene rings is 3. The summed E-state index contributed by atoms with van der Waals surface area (Å²) in [5.41, 5.74) is 5.26. The predicted molar refractivity (Wildman–Crippen MR) is 135 cm³/mol. The number of rotatable bonds is 5. The van der Waals surface area contributed by atoms with Crippen LogP contribution in [0.15, 0.2) is 72.8 Å². The first kappa shape index (κ1) is 23.0. The molecule has 8 heteroatoms. The van der Waals surface area contributed by atoms with Gasteiger partial charge in [-0.1, -0.05) is 54.6 Å². The van der Waals surface area contributed by atoms with Crippen LogP contribution < -0.4 is 5.32 Å². The van der Waals surface area contributed by atoms with E-state index in [1.54, 1.807) is 24.3 Å². The second kappa shape index (κ2) is 9.46. The molecule has 178 valence electrons. The molecule has 35 heavy (non-hydrogen) atoms. The van der Waals surface area contributed by atoms with E-state index in [-0.39, 0.29) is 23.8 Å². The summed E-state index contributed by atoms with van der Waals surface area (Å²) in [6.45, 7) is 1.99. The Balaban J connectivity index is 1.27. The van der Waals surface area contributed by atoms with E-state index in [0.29, 0.717) is 17.0 Å². The van der Waals surface area contributed by atoms with Gasteiger partial charge in [-0.3, -0.25) is 10.1 Å². The van der Waals surface area contributed by atoms with E-state index in [4.69, 9.17) is 4.74 Å². The highest BCUT2D eigenvalue weighted by molar-refractivity contribution is 8.00. The Labute approximate surface area is 207 Å². The molecule has 1 fully saturated rings. The molecular weight excluding hydrogens is 464 g/mol. The molecule has 0 radical (unpaired) electrons. The first-order chi connectivity index (χ1) is 16.9. The average Bonchev–Trinajstić information content (AvgIpc) is 3.40. The van der Waals surface area contributed by atoms with Crippen LogP contribution in [0.2, 0.25) is 0 Å². The second-order valence-electron chi connectivity index (χ2n) is 8.53. The maximum absolute atomic E-state index is 13.0. The highest BCUT2D eigenvalue weighted by Gasteiger charge is 2.39. The molecule has 3 aromatic rings. The maximum atomic E-state index is 13.0. The molecule has 2 unspecified atom stereocenters. The molecule has 0 bridgehead atoms. The molecule has 2 atom stereocenters. The number of hydrogen-bond donors (Lipinski definition) is 2. The molecule has 2 N–H and O–H groups in total. The number of carbonyl (C=O) groups excluding carboxylic acids is 2. The van der Waals surface area contributed by atoms with Crippen molar-refractivity contribution in [3.8, 4) is 11.1 Å². The van der Waals surface area contributed by atoms with Gasteiger partial charge in [-0.2, -0.15) is 0 Å². The largest absolute Gasteiger partial charge is 0.480 e. The standard InChI is InChI=1S/C27H24N2O5S/c1-16-29(24(15-35-16)26(31)32)25(30)17-7-6-8-18(13-17)28-27(33)34-14-23-21-11-4-2-9-19(21)20-10-3-5-12-22(20)23/h2-13,16,23-24H,14-15H2,1H3,(H,28,33)(H,31,32). The second-order valence-corrected chi connectivity index (χ2v) is 9.88. The van der Waals surface area contributed by atoms with Crippen LogP contribution in [0.3, 0.4) is 0 Å². The van der Waals surface area contributed by atoms with Crippen LogP contribution in [0, 0.1) is 0 Å². The van der Waals surface area contributed by atoms with Gasteiger partial charge in [-0.25, -0.2) is 9.59 Å². The van der Waals surface area contributed by atoms with Crippen molar-refractivity contribution in [1.82, 2.24) is 4.90 Å². The molecule has 3 aromatic carbocycles. The number of thioether (sulfide) groups is 1. The summed E-state index contributed by atoms with van der Waals surface area (Å²) in [5.74, 6) is -1.11. The molecule has 1 aliphatic carbocycles. The quantitative estimate of drug-likeness (QED) is 0.523. The molecule has 7 nitrogen and oxygen atoms in total. The zero-order chi connectivity index (χ0) is 24.5. The number of amides is 2. The monoisotopic (exact) mass is 488 g/mol.